The Labute approximate surface area is 169 Å². The summed E-state index contributed by atoms with van der Waals surface area (Å²) in [6.07, 6.45) is 0. The first kappa shape index (κ1) is 21.0. The van der Waals surface area contributed by atoms with Gasteiger partial charge in [0.25, 0.3) is 0 Å². The van der Waals surface area contributed by atoms with Crippen molar-refractivity contribution in [2.45, 2.75) is 20.0 Å². The molecule has 0 aliphatic heterocycles. The Morgan fingerprint density at radius 2 is 1.15 bits per heavy atom. The van der Waals surface area contributed by atoms with Crippen molar-refractivity contribution in [2.24, 2.45) is 0 Å². The van der Waals surface area contributed by atoms with Crippen LogP contribution in [-0.2, 0) is 13.1 Å². The number of hydrogen-bond acceptors (Lipinski definition) is 2. The van der Waals surface area contributed by atoms with E-state index in [0.29, 0.717) is 0 Å². The van der Waals surface area contributed by atoms with Gasteiger partial charge in [-0.2, -0.15) is 0 Å². The largest absolute Gasteiger partial charge is 0.367 e. The summed E-state index contributed by atoms with van der Waals surface area (Å²) in [5.41, 5.74) is 3.90. The van der Waals surface area contributed by atoms with Crippen LogP contribution in [0.15, 0.2) is 84.9 Å². The Balaban J connectivity index is 0.000000223. The third-order valence-electron chi connectivity index (χ3n) is 4.13. The first-order chi connectivity index (χ1) is 13.1. The van der Waals surface area contributed by atoms with Crippen LogP contribution in [0.3, 0.4) is 0 Å². The van der Waals surface area contributed by atoms with E-state index < -0.39 is 0 Å². The van der Waals surface area contributed by atoms with Gasteiger partial charge in [0.05, 0.1) is 0 Å². The number of benzene rings is 3. The van der Waals surface area contributed by atoms with E-state index in [1.54, 1.807) is 0 Å². The zero-order chi connectivity index (χ0) is 19.5. The first-order valence-corrected chi connectivity index (χ1v) is 9.69. The van der Waals surface area contributed by atoms with Gasteiger partial charge in [-0.15, -0.1) is 0 Å². The Kier molecular flexibility index (Phi) is 8.90. The Morgan fingerprint density at radius 1 is 0.667 bits per heavy atom. The zero-order valence-electron chi connectivity index (χ0n) is 16.5. The number of rotatable bonds is 6. The van der Waals surface area contributed by atoms with Crippen molar-refractivity contribution in [3.05, 3.63) is 101 Å². The van der Waals surface area contributed by atoms with Crippen LogP contribution < -0.4 is 4.90 Å². The molecule has 0 bridgehead atoms. The average molecular weight is 381 g/mol. The van der Waals surface area contributed by atoms with Crippen LogP contribution in [0, 0.1) is 0 Å². The summed E-state index contributed by atoms with van der Waals surface area (Å²) in [7, 11) is 4.15. The highest BCUT2D eigenvalue weighted by atomic mass is 35.5. The molecule has 27 heavy (non-hydrogen) atoms. The fraction of sp³-hybridized carbons (Fsp3) is 0.250. The van der Waals surface area contributed by atoms with Gasteiger partial charge in [-0.05, 0) is 56.4 Å². The van der Waals surface area contributed by atoms with Crippen LogP contribution in [0.4, 0.5) is 5.69 Å². The van der Waals surface area contributed by atoms with Gasteiger partial charge in [0, 0.05) is 30.3 Å². The number of halogens is 1. The number of hydrogen-bond donors (Lipinski definition) is 0. The molecule has 3 rings (SSSR count). The first-order valence-electron chi connectivity index (χ1n) is 9.31. The maximum atomic E-state index is 5.90. The normalized spacial score (nSPS) is 10.3. The molecule has 2 nitrogen and oxygen atoms in total. The molecule has 142 valence electrons. The topological polar surface area (TPSA) is 6.48 Å². The zero-order valence-corrected chi connectivity index (χ0v) is 17.2. The highest BCUT2D eigenvalue weighted by Crippen LogP contribution is 2.19. The van der Waals surface area contributed by atoms with Crippen molar-refractivity contribution in [3.63, 3.8) is 0 Å². The van der Waals surface area contributed by atoms with Gasteiger partial charge in [-0.1, -0.05) is 72.3 Å². The molecule has 0 atom stereocenters. The second kappa shape index (κ2) is 11.4. The van der Waals surface area contributed by atoms with Gasteiger partial charge in [-0.3, -0.25) is 0 Å². The van der Waals surface area contributed by atoms with Crippen LogP contribution >= 0.6 is 11.6 Å². The molecule has 0 N–H and O–H groups in total. The van der Waals surface area contributed by atoms with Crippen molar-refractivity contribution in [3.8, 4) is 0 Å². The highest BCUT2D eigenvalue weighted by molar-refractivity contribution is 6.30. The van der Waals surface area contributed by atoms with Crippen LogP contribution in [0.25, 0.3) is 0 Å². The second-order valence-corrected chi connectivity index (χ2v) is 7.14. The molecule has 0 spiro atoms. The summed E-state index contributed by atoms with van der Waals surface area (Å²) in [5.74, 6) is 0. The van der Waals surface area contributed by atoms with E-state index in [9.17, 15) is 0 Å². The molecule has 3 aromatic carbocycles. The van der Waals surface area contributed by atoms with E-state index in [2.05, 4.69) is 91.5 Å². The molecular formula is C24H29ClN2. The summed E-state index contributed by atoms with van der Waals surface area (Å²) in [6.45, 7) is 5.11. The molecule has 0 fully saturated rings. The van der Waals surface area contributed by atoms with Gasteiger partial charge in [-0.25, -0.2) is 0 Å². The fourth-order valence-corrected chi connectivity index (χ4v) is 2.92. The van der Waals surface area contributed by atoms with E-state index in [-0.39, 0.29) is 0 Å². The monoisotopic (exact) mass is 380 g/mol. The van der Waals surface area contributed by atoms with Gasteiger partial charge in [0.2, 0.25) is 0 Å². The summed E-state index contributed by atoms with van der Waals surface area (Å²) < 4.78 is 0. The third kappa shape index (κ3) is 7.86. The Bertz CT molecular complexity index is 755. The minimum absolute atomic E-state index is 0.782. The fourth-order valence-electron chi connectivity index (χ4n) is 2.79. The SMILES string of the molecule is CCN(Cc1ccccc1)c1ccc(Cl)cc1.CN(C)Cc1ccccc1. The van der Waals surface area contributed by atoms with Gasteiger partial charge in [0.1, 0.15) is 0 Å². The van der Waals surface area contributed by atoms with E-state index in [1.807, 2.05) is 24.3 Å². The lowest BCUT2D eigenvalue weighted by Crippen LogP contribution is -2.21. The third-order valence-corrected chi connectivity index (χ3v) is 4.38. The molecule has 0 radical (unpaired) electrons. The van der Waals surface area contributed by atoms with Gasteiger partial charge >= 0.3 is 0 Å². The van der Waals surface area contributed by atoms with E-state index in [4.69, 9.17) is 11.6 Å². The van der Waals surface area contributed by atoms with Gasteiger partial charge in [0.15, 0.2) is 0 Å². The lowest BCUT2D eigenvalue weighted by atomic mass is 10.2. The molecule has 3 aromatic rings. The molecule has 3 heteroatoms. The summed E-state index contributed by atoms with van der Waals surface area (Å²) in [5, 5.41) is 0.782. The Morgan fingerprint density at radius 3 is 1.59 bits per heavy atom. The average Bonchev–Trinajstić information content (AvgIpc) is 2.68. The van der Waals surface area contributed by atoms with Gasteiger partial charge < -0.3 is 9.80 Å². The predicted molar refractivity (Wildman–Crippen MR) is 118 cm³/mol. The molecular weight excluding hydrogens is 352 g/mol. The lowest BCUT2D eigenvalue weighted by Gasteiger charge is -2.23. The van der Waals surface area contributed by atoms with E-state index >= 15 is 0 Å². The van der Waals surface area contributed by atoms with Crippen LogP contribution in [0.2, 0.25) is 5.02 Å². The molecule has 0 aliphatic carbocycles. The minimum Gasteiger partial charge on any atom is -0.367 e. The number of nitrogens with zero attached hydrogens (tertiary/aromatic N) is 2. The van der Waals surface area contributed by atoms with Crippen LogP contribution in [0.5, 0.6) is 0 Å². The molecule has 0 saturated carbocycles. The molecule has 0 amide bonds. The Hall–Kier alpha value is -2.29. The van der Waals surface area contributed by atoms with Crippen molar-refractivity contribution in [2.75, 3.05) is 25.5 Å². The highest BCUT2D eigenvalue weighted by Gasteiger charge is 2.04. The van der Waals surface area contributed by atoms with Crippen molar-refractivity contribution in [1.29, 1.82) is 0 Å². The van der Waals surface area contributed by atoms with Crippen molar-refractivity contribution < 1.29 is 0 Å². The predicted octanol–water partition coefficient (Wildman–Crippen LogP) is 6.11. The van der Waals surface area contributed by atoms with E-state index in [1.165, 1.54) is 16.8 Å². The number of anilines is 1. The smallest absolute Gasteiger partial charge is 0.0429 e. The maximum Gasteiger partial charge on any atom is 0.0429 e. The van der Waals surface area contributed by atoms with Crippen molar-refractivity contribution in [1.82, 2.24) is 4.90 Å². The molecule has 0 aliphatic rings. The standard InChI is InChI=1S/C15H16ClN.C9H13N/c1-2-17(12-13-6-4-3-5-7-13)15-10-8-14(16)9-11-15;1-10(2)8-9-6-4-3-5-7-9/h3-11H,2,12H2,1H3;3-7H,8H2,1-2H3. The summed E-state index contributed by atoms with van der Waals surface area (Å²) in [4.78, 5) is 4.49. The lowest BCUT2D eigenvalue weighted by molar-refractivity contribution is 0.402. The maximum absolute atomic E-state index is 5.90. The molecule has 0 heterocycles. The quantitative estimate of drug-likeness (QED) is 0.508. The molecule has 0 saturated heterocycles. The minimum atomic E-state index is 0.782. The van der Waals surface area contributed by atoms with E-state index in [0.717, 1.165) is 24.7 Å². The molecule has 0 aromatic heterocycles. The molecule has 0 unspecified atom stereocenters. The van der Waals surface area contributed by atoms with Crippen LogP contribution in [0.1, 0.15) is 18.1 Å². The van der Waals surface area contributed by atoms with Crippen LogP contribution in [-0.4, -0.2) is 25.5 Å². The summed E-state index contributed by atoms with van der Waals surface area (Å²) >= 11 is 5.90. The summed E-state index contributed by atoms with van der Waals surface area (Å²) in [6, 6.07) is 28.9. The van der Waals surface area contributed by atoms with Crippen molar-refractivity contribution >= 4 is 17.3 Å². The second-order valence-electron chi connectivity index (χ2n) is 6.70.